The topological polar surface area (TPSA) is 42.2 Å². The minimum Gasteiger partial charge on any atom is -0.352 e. The van der Waals surface area contributed by atoms with E-state index in [2.05, 4.69) is 22.3 Å². The largest absolute Gasteiger partial charge is 0.352 e. The van der Waals surface area contributed by atoms with E-state index < -0.39 is 0 Å². The van der Waals surface area contributed by atoms with Gasteiger partial charge in [0.25, 0.3) is 0 Å². The van der Waals surface area contributed by atoms with Gasteiger partial charge in [0.15, 0.2) is 5.65 Å². The van der Waals surface area contributed by atoms with Crippen LogP contribution in [-0.2, 0) is 0 Å². The maximum Gasteiger partial charge on any atom is 0.243 e. The Labute approximate surface area is 98.9 Å². The zero-order chi connectivity index (χ0) is 11.9. The van der Waals surface area contributed by atoms with Gasteiger partial charge in [-0.2, -0.15) is 4.98 Å². The highest BCUT2D eigenvalue weighted by Gasteiger charge is 2.40. The summed E-state index contributed by atoms with van der Waals surface area (Å²) in [5, 5.41) is 7.43. The van der Waals surface area contributed by atoms with E-state index in [0.717, 1.165) is 6.54 Å². The Morgan fingerprint density at radius 3 is 3.00 bits per heavy atom. The third-order valence-corrected chi connectivity index (χ3v) is 3.62. The summed E-state index contributed by atoms with van der Waals surface area (Å²) in [7, 11) is 0. The molecule has 0 unspecified atom stereocenters. The van der Waals surface area contributed by atoms with Gasteiger partial charge in [0, 0.05) is 6.54 Å². The van der Waals surface area contributed by atoms with E-state index in [1.54, 1.807) is 6.07 Å². The van der Waals surface area contributed by atoms with Crippen molar-refractivity contribution in [3.05, 3.63) is 24.1 Å². The summed E-state index contributed by atoms with van der Waals surface area (Å²) in [4.78, 5) is 4.29. The monoisotopic (exact) mass is 234 g/mol. The highest BCUT2D eigenvalue weighted by atomic mass is 19.1. The van der Waals surface area contributed by atoms with Gasteiger partial charge in [-0.15, -0.1) is 5.10 Å². The molecule has 5 heteroatoms. The van der Waals surface area contributed by atoms with Crippen molar-refractivity contribution >= 4 is 11.6 Å². The van der Waals surface area contributed by atoms with Crippen LogP contribution < -0.4 is 5.32 Å². The van der Waals surface area contributed by atoms with Crippen molar-refractivity contribution in [3.63, 3.8) is 0 Å². The second-order valence-corrected chi connectivity index (χ2v) is 4.79. The maximum atomic E-state index is 13.0. The minimum absolute atomic E-state index is 0.304. The second kappa shape index (κ2) is 3.68. The highest BCUT2D eigenvalue weighted by Crippen LogP contribution is 2.48. The van der Waals surface area contributed by atoms with Gasteiger partial charge < -0.3 is 5.32 Å². The van der Waals surface area contributed by atoms with E-state index >= 15 is 0 Å². The van der Waals surface area contributed by atoms with E-state index in [1.807, 2.05) is 0 Å². The Balaban J connectivity index is 1.77. The van der Waals surface area contributed by atoms with Crippen molar-refractivity contribution in [2.45, 2.75) is 26.2 Å². The summed E-state index contributed by atoms with van der Waals surface area (Å²) >= 11 is 0. The first-order valence-corrected chi connectivity index (χ1v) is 5.97. The predicted molar refractivity (Wildman–Crippen MR) is 63.4 cm³/mol. The normalized spacial score (nSPS) is 17.3. The summed E-state index contributed by atoms with van der Waals surface area (Å²) in [6.07, 6.45) is 5.07. The smallest absolute Gasteiger partial charge is 0.243 e. The van der Waals surface area contributed by atoms with Crippen molar-refractivity contribution in [1.82, 2.24) is 14.6 Å². The van der Waals surface area contributed by atoms with Gasteiger partial charge in [-0.1, -0.05) is 6.92 Å². The third-order valence-electron chi connectivity index (χ3n) is 3.62. The zero-order valence-electron chi connectivity index (χ0n) is 9.78. The lowest BCUT2D eigenvalue weighted by Crippen LogP contribution is -2.15. The Morgan fingerprint density at radius 1 is 1.47 bits per heavy atom. The van der Waals surface area contributed by atoms with E-state index in [0.29, 0.717) is 17.0 Å². The number of hydrogen-bond donors (Lipinski definition) is 1. The molecular weight excluding hydrogens is 219 g/mol. The standard InChI is InChI=1S/C12H15FN4/c1-2-12(5-6-12)8-14-11-15-10-4-3-9(13)7-17(10)16-11/h3-4,7H,2,5-6,8H2,1H3,(H,14,16). The molecule has 4 nitrogen and oxygen atoms in total. The van der Waals surface area contributed by atoms with E-state index in [1.165, 1.54) is 36.0 Å². The van der Waals surface area contributed by atoms with E-state index in [9.17, 15) is 4.39 Å². The molecule has 0 amide bonds. The number of pyridine rings is 1. The van der Waals surface area contributed by atoms with Gasteiger partial charge in [0.05, 0.1) is 6.20 Å². The quantitative estimate of drug-likeness (QED) is 0.883. The highest BCUT2D eigenvalue weighted by molar-refractivity contribution is 5.43. The molecule has 0 bridgehead atoms. The van der Waals surface area contributed by atoms with Crippen molar-refractivity contribution in [2.24, 2.45) is 5.41 Å². The Morgan fingerprint density at radius 2 is 2.29 bits per heavy atom. The fourth-order valence-corrected chi connectivity index (χ4v) is 2.03. The van der Waals surface area contributed by atoms with Gasteiger partial charge in [0.2, 0.25) is 5.95 Å². The zero-order valence-corrected chi connectivity index (χ0v) is 9.78. The molecule has 1 aliphatic rings. The van der Waals surface area contributed by atoms with Crippen LogP contribution in [0.15, 0.2) is 18.3 Å². The third kappa shape index (κ3) is 1.97. The van der Waals surface area contributed by atoms with Crippen molar-refractivity contribution in [3.8, 4) is 0 Å². The van der Waals surface area contributed by atoms with E-state index in [-0.39, 0.29) is 5.82 Å². The lowest BCUT2D eigenvalue weighted by atomic mass is 10.0. The minimum atomic E-state index is -0.304. The number of nitrogens with zero attached hydrogens (tertiary/aromatic N) is 3. The second-order valence-electron chi connectivity index (χ2n) is 4.79. The molecule has 0 atom stereocenters. The first kappa shape index (κ1) is 10.5. The van der Waals surface area contributed by atoms with Gasteiger partial charge >= 0.3 is 0 Å². The molecule has 90 valence electrons. The Hall–Kier alpha value is -1.65. The van der Waals surface area contributed by atoms with Crippen LogP contribution in [0.25, 0.3) is 5.65 Å². The Bertz CT molecular complexity index is 544. The lowest BCUT2D eigenvalue weighted by Gasteiger charge is -2.11. The van der Waals surface area contributed by atoms with Crippen LogP contribution in [0.5, 0.6) is 0 Å². The van der Waals surface area contributed by atoms with Crippen molar-refractivity contribution in [1.29, 1.82) is 0 Å². The molecule has 1 fully saturated rings. The number of anilines is 1. The predicted octanol–water partition coefficient (Wildman–Crippen LogP) is 2.47. The van der Waals surface area contributed by atoms with Crippen LogP contribution in [0.3, 0.4) is 0 Å². The van der Waals surface area contributed by atoms with Crippen LogP contribution >= 0.6 is 0 Å². The average Bonchev–Trinajstić information content (AvgIpc) is 3.00. The molecular formula is C12H15FN4. The van der Waals surface area contributed by atoms with Crippen LogP contribution in [0.2, 0.25) is 0 Å². The van der Waals surface area contributed by atoms with Gasteiger partial charge in [-0.3, -0.25) is 0 Å². The van der Waals surface area contributed by atoms with Gasteiger partial charge in [-0.25, -0.2) is 8.91 Å². The average molecular weight is 234 g/mol. The Kier molecular flexibility index (Phi) is 2.28. The van der Waals surface area contributed by atoms with Gasteiger partial charge in [-0.05, 0) is 36.8 Å². The van der Waals surface area contributed by atoms with Crippen LogP contribution in [0, 0.1) is 11.2 Å². The number of hydrogen-bond acceptors (Lipinski definition) is 3. The van der Waals surface area contributed by atoms with Crippen LogP contribution in [-0.4, -0.2) is 21.1 Å². The van der Waals surface area contributed by atoms with E-state index in [4.69, 9.17) is 0 Å². The molecule has 0 spiro atoms. The number of rotatable bonds is 4. The number of nitrogens with one attached hydrogen (secondary N) is 1. The fraction of sp³-hybridized carbons (Fsp3) is 0.500. The summed E-state index contributed by atoms with van der Waals surface area (Å²) < 4.78 is 14.4. The van der Waals surface area contributed by atoms with Crippen LogP contribution in [0.1, 0.15) is 26.2 Å². The van der Waals surface area contributed by atoms with Crippen molar-refractivity contribution < 1.29 is 4.39 Å². The lowest BCUT2D eigenvalue weighted by molar-refractivity contribution is 0.520. The molecule has 17 heavy (non-hydrogen) atoms. The molecule has 1 saturated carbocycles. The summed E-state index contributed by atoms with van der Waals surface area (Å²) in [6.45, 7) is 3.12. The maximum absolute atomic E-state index is 13.0. The molecule has 1 N–H and O–H groups in total. The number of aromatic nitrogens is 3. The van der Waals surface area contributed by atoms with Crippen LogP contribution in [0.4, 0.5) is 10.3 Å². The molecule has 2 aromatic rings. The molecule has 0 radical (unpaired) electrons. The molecule has 3 rings (SSSR count). The number of fused-ring (bicyclic) bond motifs is 1. The van der Waals surface area contributed by atoms with Crippen molar-refractivity contribution in [2.75, 3.05) is 11.9 Å². The SMILES string of the molecule is CCC1(CNc2nc3ccc(F)cn3n2)CC1. The summed E-state index contributed by atoms with van der Waals surface area (Å²) in [5.74, 6) is 0.275. The first-order chi connectivity index (χ1) is 8.21. The first-order valence-electron chi connectivity index (χ1n) is 5.97. The number of halogens is 1. The molecule has 0 saturated heterocycles. The molecule has 2 heterocycles. The molecule has 1 aliphatic carbocycles. The molecule has 0 aromatic carbocycles. The summed E-state index contributed by atoms with van der Waals surface area (Å²) in [5.41, 5.74) is 1.11. The van der Waals surface area contributed by atoms with Gasteiger partial charge in [0.1, 0.15) is 5.82 Å². The molecule has 0 aliphatic heterocycles. The fourth-order valence-electron chi connectivity index (χ4n) is 2.03. The summed E-state index contributed by atoms with van der Waals surface area (Å²) in [6, 6.07) is 3.02. The molecule has 2 aromatic heterocycles.